The summed E-state index contributed by atoms with van der Waals surface area (Å²) in [7, 11) is 0. The average molecular weight is 464 g/mol. The highest BCUT2D eigenvalue weighted by molar-refractivity contribution is 7.99. The molecule has 4 rings (SSSR count). The lowest BCUT2D eigenvalue weighted by Crippen LogP contribution is -2.37. The van der Waals surface area contributed by atoms with Gasteiger partial charge in [0, 0.05) is 42.8 Å². The fourth-order valence-electron chi connectivity index (χ4n) is 4.34. The molecule has 0 fully saturated rings. The van der Waals surface area contributed by atoms with E-state index in [9.17, 15) is 9.59 Å². The van der Waals surface area contributed by atoms with Crippen LogP contribution in [0.1, 0.15) is 44.1 Å². The summed E-state index contributed by atoms with van der Waals surface area (Å²) >= 11 is 1.50. The highest BCUT2D eigenvalue weighted by atomic mass is 32.2. The van der Waals surface area contributed by atoms with Crippen molar-refractivity contribution in [2.24, 2.45) is 0 Å². The summed E-state index contributed by atoms with van der Waals surface area (Å²) in [5, 5.41) is 7.52. The SMILES string of the molecule is CSCC(=O)NCc1c(C)ncc2c1CCN(C(=O)c1cccc(-n3nc(C)cc3C)c1)C2. The van der Waals surface area contributed by atoms with Crippen molar-refractivity contribution in [3.8, 4) is 5.69 Å². The van der Waals surface area contributed by atoms with Gasteiger partial charge in [0.1, 0.15) is 0 Å². The molecule has 1 aliphatic rings. The lowest BCUT2D eigenvalue weighted by Gasteiger charge is -2.30. The summed E-state index contributed by atoms with van der Waals surface area (Å²) in [6, 6.07) is 9.64. The lowest BCUT2D eigenvalue weighted by molar-refractivity contribution is -0.118. The third kappa shape index (κ3) is 4.95. The van der Waals surface area contributed by atoms with Crippen molar-refractivity contribution in [2.45, 2.75) is 40.3 Å². The predicted octanol–water partition coefficient (Wildman–Crippen LogP) is 3.37. The van der Waals surface area contributed by atoms with Crippen molar-refractivity contribution < 1.29 is 9.59 Å². The standard InChI is InChI=1S/C25H29N5O2S/c1-16-10-17(2)30(28-16)21-7-5-6-19(11-21)25(32)29-9-8-22-20(14-29)12-26-18(3)23(22)13-27-24(31)15-33-4/h5-7,10-12H,8-9,13-15H2,1-4H3,(H,27,31). The van der Waals surface area contributed by atoms with E-state index < -0.39 is 0 Å². The van der Waals surface area contributed by atoms with Crippen LogP contribution >= 0.6 is 11.8 Å². The molecule has 0 saturated heterocycles. The van der Waals surface area contributed by atoms with Crippen LogP contribution < -0.4 is 5.32 Å². The molecule has 33 heavy (non-hydrogen) atoms. The number of carbonyl (C=O) groups excluding carboxylic acids is 2. The van der Waals surface area contributed by atoms with Gasteiger partial charge in [-0.05, 0) is 74.4 Å². The molecule has 0 radical (unpaired) electrons. The summed E-state index contributed by atoms with van der Waals surface area (Å²) in [6.07, 6.45) is 4.52. The first-order chi connectivity index (χ1) is 15.9. The zero-order valence-electron chi connectivity index (χ0n) is 19.5. The first kappa shape index (κ1) is 23.0. The molecule has 0 unspecified atom stereocenters. The molecule has 0 atom stereocenters. The summed E-state index contributed by atoms with van der Waals surface area (Å²) in [5.41, 5.74) is 7.74. The molecular weight excluding hydrogens is 434 g/mol. The molecule has 2 aromatic heterocycles. The van der Waals surface area contributed by atoms with Crippen LogP contribution in [0.3, 0.4) is 0 Å². The van der Waals surface area contributed by atoms with E-state index in [2.05, 4.69) is 15.4 Å². The van der Waals surface area contributed by atoms with Gasteiger partial charge in [-0.1, -0.05) is 6.07 Å². The second-order valence-corrected chi connectivity index (χ2v) is 9.27. The number of amides is 2. The van der Waals surface area contributed by atoms with Gasteiger partial charge in [-0.2, -0.15) is 16.9 Å². The van der Waals surface area contributed by atoms with Crippen molar-refractivity contribution in [2.75, 3.05) is 18.6 Å². The van der Waals surface area contributed by atoms with Crippen molar-refractivity contribution in [3.05, 3.63) is 75.9 Å². The number of rotatable bonds is 6. The van der Waals surface area contributed by atoms with Gasteiger partial charge in [-0.25, -0.2) is 4.68 Å². The average Bonchev–Trinajstić information content (AvgIpc) is 3.15. The minimum absolute atomic E-state index is 0.000528. The monoisotopic (exact) mass is 463 g/mol. The predicted molar refractivity (Wildman–Crippen MR) is 131 cm³/mol. The van der Waals surface area contributed by atoms with E-state index in [1.807, 2.05) is 73.1 Å². The summed E-state index contributed by atoms with van der Waals surface area (Å²) in [5.74, 6) is 0.467. The molecule has 1 aromatic carbocycles. The minimum Gasteiger partial charge on any atom is -0.351 e. The Balaban J connectivity index is 1.53. The molecule has 0 bridgehead atoms. The van der Waals surface area contributed by atoms with Crippen LogP contribution in [-0.2, 0) is 24.3 Å². The van der Waals surface area contributed by atoms with Gasteiger partial charge in [-0.3, -0.25) is 14.6 Å². The molecule has 1 N–H and O–H groups in total. The van der Waals surface area contributed by atoms with Crippen molar-refractivity contribution >= 4 is 23.6 Å². The number of aromatic nitrogens is 3. The van der Waals surface area contributed by atoms with Gasteiger partial charge in [0.25, 0.3) is 5.91 Å². The maximum atomic E-state index is 13.3. The number of nitrogens with zero attached hydrogens (tertiary/aromatic N) is 4. The van der Waals surface area contributed by atoms with E-state index in [1.54, 1.807) is 0 Å². The number of carbonyl (C=O) groups is 2. The fraction of sp³-hybridized carbons (Fsp3) is 0.360. The van der Waals surface area contributed by atoms with Crippen molar-refractivity contribution in [1.82, 2.24) is 25.0 Å². The van der Waals surface area contributed by atoms with Gasteiger partial charge in [0.2, 0.25) is 5.91 Å². The quantitative estimate of drug-likeness (QED) is 0.606. The zero-order chi connectivity index (χ0) is 23.5. The number of thioether (sulfide) groups is 1. The van der Waals surface area contributed by atoms with Gasteiger partial charge in [0.05, 0.1) is 17.1 Å². The van der Waals surface area contributed by atoms with Crippen LogP contribution in [0.4, 0.5) is 0 Å². The van der Waals surface area contributed by atoms with Crippen LogP contribution in [0.2, 0.25) is 0 Å². The third-order valence-electron chi connectivity index (χ3n) is 5.97. The van der Waals surface area contributed by atoms with Crippen LogP contribution in [0.5, 0.6) is 0 Å². The van der Waals surface area contributed by atoms with E-state index in [0.29, 0.717) is 31.0 Å². The molecule has 3 aromatic rings. The summed E-state index contributed by atoms with van der Waals surface area (Å²) in [4.78, 5) is 31.7. The Morgan fingerprint density at radius 3 is 2.73 bits per heavy atom. The van der Waals surface area contributed by atoms with E-state index in [4.69, 9.17) is 0 Å². The van der Waals surface area contributed by atoms with Crippen LogP contribution in [-0.4, -0.2) is 50.0 Å². The maximum absolute atomic E-state index is 13.3. The number of pyridine rings is 1. The maximum Gasteiger partial charge on any atom is 0.254 e. The fourth-order valence-corrected chi connectivity index (χ4v) is 4.71. The Labute approximate surface area is 198 Å². The van der Waals surface area contributed by atoms with Gasteiger partial charge < -0.3 is 10.2 Å². The Morgan fingerprint density at radius 2 is 2.00 bits per heavy atom. The Bertz CT molecular complexity index is 1200. The van der Waals surface area contributed by atoms with Gasteiger partial charge >= 0.3 is 0 Å². The second-order valence-electron chi connectivity index (χ2n) is 8.40. The number of hydrogen-bond donors (Lipinski definition) is 1. The molecule has 0 spiro atoms. The largest absolute Gasteiger partial charge is 0.351 e. The molecule has 0 saturated carbocycles. The molecule has 8 heteroatoms. The lowest BCUT2D eigenvalue weighted by atomic mass is 9.94. The first-order valence-electron chi connectivity index (χ1n) is 11.0. The van der Waals surface area contributed by atoms with E-state index in [1.165, 1.54) is 17.3 Å². The smallest absolute Gasteiger partial charge is 0.254 e. The van der Waals surface area contributed by atoms with E-state index >= 15 is 0 Å². The topological polar surface area (TPSA) is 80.1 Å². The minimum atomic E-state index is -0.000528. The highest BCUT2D eigenvalue weighted by Crippen LogP contribution is 2.25. The molecular formula is C25H29N5O2S. The number of nitrogens with one attached hydrogen (secondary N) is 1. The molecule has 172 valence electrons. The van der Waals surface area contributed by atoms with E-state index in [-0.39, 0.29) is 11.8 Å². The molecule has 7 nitrogen and oxygen atoms in total. The molecule has 1 aliphatic heterocycles. The first-order valence-corrected chi connectivity index (χ1v) is 12.4. The Morgan fingerprint density at radius 1 is 1.18 bits per heavy atom. The van der Waals surface area contributed by atoms with Crippen LogP contribution in [0.15, 0.2) is 36.5 Å². The van der Waals surface area contributed by atoms with Gasteiger partial charge in [-0.15, -0.1) is 0 Å². The number of aryl methyl sites for hydroxylation is 3. The molecule has 3 heterocycles. The Kier molecular flexibility index (Phi) is 6.83. The number of benzene rings is 1. The van der Waals surface area contributed by atoms with Gasteiger partial charge in [0.15, 0.2) is 0 Å². The highest BCUT2D eigenvalue weighted by Gasteiger charge is 2.25. The molecule has 2 amide bonds. The van der Waals surface area contributed by atoms with Crippen molar-refractivity contribution in [1.29, 1.82) is 0 Å². The van der Waals surface area contributed by atoms with Crippen LogP contribution in [0.25, 0.3) is 5.69 Å². The summed E-state index contributed by atoms with van der Waals surface area (Å²) in [6.45, 7) is 7.55. The molecule has 0 aliphatic carbocycles. The zero-order valence-corrected chi connectivity index (χ0v) is 20.3. The Hall–Kier alpha value is -3.13. The summed E-state index contributed by atoms with van der Waals surface area (Å²) < 4.78 is 1.86. The third-order valence-corrected chi connectivity index (χ3v) is 6.52. The number of fused-ring (bicyclic) bond motifs is 1. The second kappa shape index (κ2) is 9.79. The number of hydrogen-bond acceptors (Lipinski definition) is 5. The van der Waals surface area contributed by atoms with Crippen LogP contribution in [0, 0.1) is 20.8 Å². The van der Waals surface area contributed by atoms with Crippen molar-refractivity contribution in [3.63, 3.8) is 0 Å². The normalized spacial score (nSPS) is 13.0. The van der Waals surface area contributed by atoms with E-state index in [0.717, 1.165) is 40.3 Å².